The van der Waals surface area contributed by atoms with Crippen molar-refractivity contribution in [1.29, 1.82) is 0 Å². The molecular formula is C15H13Br2F2N. The molecule has 1 nitrogen and oxygen atoms in total. The lowest BCUT2D eigenvalue weighted by Crippen LogP contribution is -2.20. The molecule has 0 spiro atoms. The first-order valence-electron chi connectivity index (χ1n) is 6.01. The minimum Gasteiger partial charge on any atom is -0.309 e. The van der Waals surface area contributed by atoms with Crippen molar-refractivity contribution in [3.8, 4) is 0 Å². The highest BCUT2D eigenvalue weighted by atomic mass is 79.9. The largest absolute Gasteiger partial charge is 0.309 e. The molecule has 0 heterocycles. The fourth-order valence-electron chi connectivity index (χ4n) is 2.16. The van der Waals surface area contributed by atoms with Crippen LogP contribution in [0.5, 0.6) is 0 Å². The predicted octanol–water partition coefficient (Wildman–Crippen LogP) is 5.11. The SMILES string of the molecule is CNC(c1cc(Br)ccc1C)c1cc(F)c(Br)cc1F. The van der Waals surface area contributed by atoms with Crippen molar-refractivity contribution in [3.05, 3.63) is 67.6 Å². The van der Waals surface area contributed by atoms with Crippen LogP contribution < -0.4 is 5.32 Å². The van der Waals surface area contributed by atoms with Gasteiger partial charge in [-0.1, -0.05) is 22.0 Å². The van der Waals surface area contributed by atoms with Crippen LogP contribution in [-0.4, -0.2) is 7.05 Å². The lowest BCUT2D eigenvalue weighted by Gasteiger charge is -2.20. The Morgan fingerprint density at radius 3 is 2.35 bits per heavy atom. The minimum absolute atomic E-state index is 0.125. The maximum atomic E-state index is 14.1. The minimum atomic E-state index is -0.478. The molecule has 0 fully saturated rings. The van der Waals surface area contributed by atoms with Crippen molar-refractivity contribution in [3.63, 3.8) is 0 Å². The first kappa shape index (κ1) is 15.6. The summed E-state index contributed by atoms with van der Waals surface area (Å²) in [5.41, 5.74) is 2.20. The van der Waals surface area contributed by atoms with Crippen molar-refractivity contribution in [2.75, 3.05) is 7.05 Å². The van der Waals surface area contributed by atoms with Gasteiger partial charge in [0.05, 0.1) is 10.5 Å². The van der Waals surface area contributed by atoms with Gasteiger partial charge in [0.2, 0.25) is 0 Å². The fourth-order valence-corrected chi connectivity index (χ4v) is 2.85. The molecule has 1 N–H and O–H groups in total. The van der Waals surface area contributed by atoms with Gasteiger partial charge in [0, 0.05) is 10.0 Å². The van der Waals surface area contributed by atoms with E-state index in [2.05, 4.69) is 37.2 Å². The van der Waals surface area contributed by atoms with Crippen molar-refractivity contribution in [2.45, 2.75) is 13.0 Å². The van der Waals surface area contributed by atoms with Crippen LogP contribution in [-0.2, 0) is 0 Å². The highest BCUT2D eigenvalue weighted by Gasteiger charge is 2.20. The summed E-state index contributed by atoms with van der Waals surface area (Å²) in [6.45, 7) is 1.94. The lowest BCUT2D eigenvalue weighted by atomic mass is 9.94. The number of hydrogen-bond acceptors (Lipinski definition) is 1. The standard InChI is InChI=1S/C15H13Br2F2N/c1-8-3-4-9(16)5-10(8)15(20-2)11-6-14(19)12(17)7-13(11)18/h3-7,15,20H,1-2H3. The van der Waals surface area contributed by atoms with Crippen LogP contribution in [0.2, 0.25) is 0 Å². The third kappa shape index (κ3) is 3.10. The van der Waals surface area contributed by atoms with Crippen molar-refractivity contribution in [2.24, 2.45) is 0 Å². The summed E-state index contributed by atoms with van der Waals surface area (Å²) >= 11 is 6.40. The van der Waals surface area contributed by atoms with Crippen LogP contribution in [0.3, 0.4) is 0 Å². The second kappa shape index (κ2) is 6.33. The number of rotatable bonds is 3. The van der Waals surface area contributed by atoms with Crippen molar-refractivity contribution in [1.82, 2.24) is 5.32 Å². The van der Waals surface area contributed by atoms with Gasteiger partial charge in [0.25, 0.3) is 0 Å². The quantitative estimate of drug-likeness (QED) is 0.701. The van der Waals surface area contributed by atoms with Gasteiger partial charge in [-0.2, -0.15) is 0 Å². The van der Waals surface area contributed by atoms with Crippen LogP contribution in [0.25, 0.3) is 0 Å². The van der Waals surface area contributed by atoms with Gasteiger partial charge in [-0.25, -0.2) is 8.78 Å². The third-order valence-electron chi connectivity index (χ3n) is 3.19. The molecule has 0 saturated carbocycles. The lowest BCUT2D eigenvalue weighted by molar-refractivity contribution is 0.554. The number of benzene rings is 2. The summed E-state index contributed by atoms with van der Waals surface area (Å²) in [6.07, 6.45) is 0. The Labute approximate surface area is 133 Å². The number of hydrogen-bond donors (Lipinski definition) is 1. The first-order valence-corrected chi connectivity index (χ1v) is 7.60. The molecule has 0 aliphatic rings. The molecule has 106 valence electrons. The first-order chi connectivity index (χ1) is 9.43. The summed E-state index contributed by atoms with van der Waals surface area (Å²) in [5, 5.41) is 3.05. The Kier molecular flexibility index (Phi) is 4.94. The summed E-state index contributed by atoms with van der Waals surface area (Å²) < 4.78 is 28.9. The van der Waals surface area contributed by atoms with Gasteiger partial charge >= 0.3 is 0 Å². The zero-order valence-corrected chi connectivity index (χ0v) is 14.1. The molecule has 2 rings (SSSR count). The maximum Gasteiger partial charge on any atom is 0.137 e. The average molecular weight is 405 g/mol. The molecule has 1 atom stereocenters. The monoisotopic (exact) mass is 403 g/mol. The number of aryl methyl sites for hydroxylation is 1. The summed E-state index contributed by atoms with van der Waals surface area (Å²) in [6, 6.07) is 7.75. The molecule has 0 aliphatic heterocycles. The Balaban J connectivity index is 2.58. The van der Waals surface area contributed by atoms with Crippen LogP contribution >= 0.6 is 31.9 Å². The third-order valence-corrected chi connectivity index (χ3v) is 4.29. The molecule has 0 aromatic heterocycles. The van der Waals surface area contributed by atoms with Crippen LogP contribution in [0.4, 0.5) is 8.78 Å². The number of halogens is 4. The van der Waals surface area contributed by atoms with E-state index in [-0.39, 0.29) is 10.0 Å². The van der Waals surface area contributed by atoms with Crippen molar-refractivity contribution >= 4 is 31.9 Å². The van der Waals surface area contributed by atoms with E-state index in [0.717, 1.165) is 21.7 Å². The van der Waals surface area contributed by atoms with E-state index in [1.807, 2.05) is 25.1 Å². The smallest absolute Gasteiger partial charge is 0.137 e. The van der Waals surface area contributed by atoms with E-state index in [4.69, 9.17) is 0 Å². The fraction of sp³-hybridized carbons (Fsp3) is 0.200. The van der Waals surface area contributed by atoms with E-state index in [9.17, 15) is 8.78 Å². The summed E-state index contributed by atoms with van der Waals surface area (Å²) in [5.74, 6) is -0.925. The zero-order valence-electron chi connectivity index (χ0n) is 11.0. The summed E-state index contributed by atoms with van der Waals surface area (Å²) in [7, 11) is 1.73. The highest BCUT2D eigenvalue weighted by molar-refractivity contribution is 9.10. The Hall–Kier alpha value is -0.780. The molecule has 0 bridgehead atoms. The predicted molar refractivity (Wildman–Crippen MR) is 83.8 cm³/mol. The maximum absolute atomic E-state index is 14.1. The van der Waals surface area contributed by atoms with Gasteiger partial charge < -0.3 is 5.32 Å². The van der Waals surface area contributed by atoms with Gasteiger partial charge in [-0.05, 0) is 65.3 Å². The Morgan fingerprint density at radius 2 is 1.70 bits per heavy atom. The highest BCUT2D eigenvalue weighted by Crippen LogP contribution is 2.31. The van der Waals surface area contributed by atoms with Gasteiger partial charge in [-0.15, -0.1) is 0 Å². The number of nitrogens with one attached hydrogen (secondary N) is 1. The van der Waals surface area contributed by atoms with Gasteiger partial charge in [0.15, 0.2) is 0 Å². The van der Waals surface area contributed by atoms with Gasteiger partial charge in [0.1, 0.15) is 11.6 Å². The second-order valence-corrected chi connectivity index (χ2v) is 6.28. The van der Waals surface area contributed by atoms with E-state index in [1.54, 1.807) is 7.05 Å². The Morgan fingerprint density at radius 1 is 1.00 bits per heavy atom. The molecule has 0 amide bonds. The molecule has 2 aromatic carbocycles. The molecule has 0 saturated heterocycles. The normalized spacial score (nSPS) is 12.5. The zero-order chi connectivity index (χ0) is 14.9. The molecular weight excluding hydrogens is 392 g/mol. The molecule has 0 aliphatic carbocycles. The van der Waals surface area contributed by atoms with E-state index in [1.165, 1.54) is 6.07 Å². The van der Waals surface area contributed by atoms with E-state index in [0.29, 0.717) is 0 Å². The molecule has 2 aromatic rings. The van der Waals surface area contributed by atoms with Crippen molar-refractivity contribution < 1.29 is 8.78 Å². The molecule has 0 radical (unpaired) electrons. The summed E-state index contributed by atoms with van der Waals surface area (Å²) in [4.78, 5) is 0. The average Bonchev–Trinajstić information content (AvgIpc) is 2.40. The van der Waals surface area contributed by atoms with Crippen LogP contribution in [0, 0.1) is 18.6 Å². The molecule has 5 heteroatoms. The topological polar surface area (TPSA) is 12.0 Å². The Bertz CT molecular complexity index is 644. The van der Waals surface area contributed by atoms with E-state index < -0.39 is 17.7 Å². The molecule has 1 unspecified atom stereocenters. The van der Waals surface area contributed by atoms with Gasteiger partial charge in [-0.3, -0.25) is 0 Å². The van der Waals surface area contributed by atoms with Crippen LogP contribution in [0.15, 0.2) is 39.3 Å². The van der Waals surface area contributed by atoms with E-state index >= 15 is 0 Å². The molecule has 20 heavy (non-hydrogen) atoms. The second-order valence-electron chi connectivity index (χ2n) is 4.51. The van der Waals surface area contributed by atoms with Crippen LogP contribution in [0.1, 0.15) is 22.7 Å².